The number of urea groups is 1. The number of benzene rings is 3. The van der Waals surface area contributed by atoms with E-state index >= 15 is 0 Å². The third-order valence-corrected chi connectivity index (χ3v) is 4.99. The number of hydrogen-bond donors (Lipinski definition) is 4. The predicted octanol–water partition coefficient (Wildman–Crippen LogP) is 4.34. The molecule has 7 heteroatoms. The van der Waals surface area contributed by atoms with Gasteiger partial charge in [-0.2, -0.15) is 0 Å². The third-order valence-electron chi connectivity index (χ3n) is 4.99. The van der Waals surface area contributed by atoms with Crippen molar-refractivity contribution in [2.24, 2.45) is 0 Å². The fourth-order valence-corrected chi connectivity index (χ4v) is 3.23. The monoisotopic (exact) mass is 431 g/mol. The Morgan fingerprint density at radius 2 is 1.53 bits per heavy atom. The van der Waals surface area contributed by atoms with Crippen LogP contribution in [-0.2, 0) is 0 Å². The predicted molar refractivity (Wildman–Crippen MR) is 130 cm³/mol. The van der Waals surface area contributed by atoms with Crippen LogP contribution in [0.25, 0.3) is 0 Å². The molecule has 0 aliphatic rings. The summed E-state index contributed by atoms with van der Waals surface area (Å²) in [7, 11) is 3.98. The molecule has 0 saturated carbocycles. The van der Waals surface area contributed by atoms with Gasteiger partial charge in [-0.05, 0) is 69.0 Å². The van der Waals surface area contributed by atoms with Gasteiger partial charge in [0.15, 0.2) is 0 Å². The first-order valence-electron chi connectivity index (χ1n) is 10.5. The molecule has 3 aromatic carbocycles. The molecule has 32 heavy (non-hydrogen) atoms. The van der Waals surface area contributed by atoms with Crippen LogP contribution in [0.15, 0.2) is 78.9 Å². The minimum Gasteiger partial charge on any atom is -0.397 e. The molecule has 0 heterocycles. The van der Waals surface area contributed by atoms with Crippen molar-refractivity contribution in [3.05, 3.63) is 90.0 Å². The minimum atomic E-state index is -0.277. The number of para-hydroxylation sites is 3. The Hall–Kier alpha value is -3.84. The van der Waals surface area contributed by atoms with Crippen molar-refractivity contribution in [2.45, 2.75) is 12.5 Å². The highest BCUT2D eigenvalue weighted by Crippen LogP contribution is 2.21. The number of anilines is 3. The number of carbonyl (C=O) groups is 2. The van der Waals surface area contributed by atoms with E-state index in [1.165, 1.54) is 0 Å². The summed E-state index contributed by atoms with van der Waals surface area (Å²) in [5.74, 6) is -0.242. The molecule has 0 radical (unpaired) electrons. The average Bonchev–Trinajstić information content (AvgIpc) is 2.79. The zero-order valence-corrected chi connectivity index (χ0v) is 18.3. The molecule has 0 aromatic heterocycles. The molecule has 0 aliphatic heterocycles. The summed E-state index contributed by atoms with van der Waals surface area (Å²) in [6.07, 6.45) is 0.724. The minimum absolute atomic E-state index is 0.206. The van der Waals surface area contributed by atoms with Crippen LogP contribution >= 0.6 is 0 Å². The van der Waals surface area contributed by atoms with Gasteiger partial charge in [0.25, 0.3) is 5.91 Å². The fourth-order valence-electron chi connectivity index (χ4n) is 3.23. The van der Waals surface area contributed by atoms with Crippen molar-refractivity contribution < 1.29 is 9.59 Å². The number of nitrogens with two attached hydrogens (primary N) is 1. The Balaban J connectivity index is 1.69. The van der Waals surface area contributed by atoms with Gasteiger partial charge in [-0.3, -0.25) is 4.79 Å². The molecule has 1 unspecified atom stereocenters. The topological polar surface area (TPSA) is 99.5 Å². The lowest BCUT2D eigenvalue weighted by Gasteiger charge is -2.22. The first-order chi connectivity index (χ1) is 15.4. The fraction of sp³-hybridized carbons (Fsp3) is 0.200. The van der Waals surface area contributed by atoms with Crippen LogP contribution in [0.5, 0.6) is 0 Å². The van der Waals surface area contributed by atoms with Gasteiger partial charge in [0, 0.05) is 11.3 Å². The van der Waals surface area contributed by atoms with E-state index in [-0.39, 0.29) is 18.0 Å². The number of nitrogens with one attached hydrogen (secondary N) is 3. The van der Waals surface area contributed by atoms with E-state index in [2.05, 4.69) is 20.9 Å². The van der Waals surface area contributed by atoms with Crippen LogP contribution in [0.1, 0.15) is 28.4 Å². The van der Waals surface area contributed by atoms with Gasteiger partial charge in [-0.15, -0.1) is 0 Å². The number of nitrogen functional groups attached to an aromatic ring is 1. The van der Waals surface area contributed by atoms with Gasteiger partial charge >= 0.3 is 6.03 Å². The third kappa shape index (κ3) is 6.58. The standard InChI is InChI=1S/C25H29N5O2/c1-30(2)17-16-22(29-25(32)27-20-8-4-3-5-9-20)18-12-14-19(15-13-18)24(31)28-23-11-7-6-10-21(23)26/h3-15,22H,16-17,26H2,1-2H3,(H,28,31)(H2,27,29,32). The molecule has 3 amide bonds. The van der Waals surface area contributed by atoms with Crippen LogP contribution in [-0.4, -0.2) is 37.5 Å². The van der Waals surface area contributed by atoms with Gasteiger partial charge in [0.2, 0.25) is 0 Å². The van der Waals surface area contributed by atoms with Gasteiger partial charge in [0.1, 0.15) is 0 Å². The number of rotatable bonds is 8. The first-order valence-corrected chi connectivity index (χ1v) is 10.5. The van der Waals surface area contributed by atoms with E-state index in [1.54, 1.807) is 24.3 Å². The van der Waals surface area contributed by atoms with E-state index in [0.29, 0.717) is 16.9 Å². The van der Waals surface area contributed by atoms with Crippen LogP contribution in [0.4, 0.5) is 21.9 Å². The zero-order valence-electron chi connectivity index (χ0n) is 18.3. The van der Waals surface area contributed by atoms with Crippen LogP contribution in [0.2, 0.25) is 0 Å². The summed E-state index contributed by atoms with van der Waals surface area (Å²) in [6, 6.07) is 23.2. The van der Waals surface area contributed by atoms with E-state index in [4.69, 9.17) is 5.73 Å². The SMILES string of the molecule is CN(C)CCC(NC(=O)Nc1ccccc1)c1ccc(C(=O)Nc2ccccc2N)cc1. The summed E-state index contributed by atoms with van der Waals surface area (Å²) in [6.45, 7) is 0.797. The highest BCUT2D eigenvalue weighted by molar-refractivity contribution is 6.05. The largest absolute Gasteiger partial charge is 0.397 e. The number of hydrogen-bond acceptors (Lipinski definition) is 4. The van der Waals surface area contributed by atoms with Crippen LogP contribution in [0.3, 0.4) is 0 Å². The van der Waals surface area contributed by atoms with Crippen molar-refractivity contribution >= 4 is 29.0 Å². The zero-order chi connectivity index (χ0) is 22.9. The van der Waals surface area contributed by atoms with Crippen molar-refractivity contribution in [1.29, 1.82) is 0 Å². The Bertz CT molecular complexity index is 1040. The second kappa shape index (κ2) is 11.0. The van der Waals surface area contributed by atoms with Crippen molar-refractivity contribution in [3.8, 4) is 0 Å². The molecule has 0 spiro atoms. The molecule has 0 saturated heterocycles. The maximum absolute atomic E-state index is 12.6. The van der Waals surface area contributed by atoms with E-state index in [9.17, 15) is 9.59 Å². The average molecular weight is 432 g/mol. The molecule has 7 nitrogen and oxygen atoms in total. The summed E-state index contributed by atoms with van der Waals surface area (Å²) in [5, 5.41) is 8.72. The van der Waals surface area contributed by atoms with Crippen LogP contribution in [0, 0.1) is 0 Å². The molecule has 0 aliphatic carbocycles. The molecule has 1 atom stereocenters. The van der Waals surface area contributed by atoms with Gasteiger partial charge < -0.3 is 26.6 Å². The molecular weight excluding hydrogens is 402 g/mol. The molecule has 5 N–H and O–H groups in total. The second-order valence-corrected chi connectivity index (χ2v) is 7.77. The molecule has 166 valence electrons. The summed E-state index contributed by atoms with van der Waals surface area (Å²) in [5.41, 5.74) is 9.15. The Morgan fingerprint density at radius 3 is 2.19 bits per heavy atom. The molecule has 3 aromatic rings. The maximum atomic E-state index is 12.6. The van der Waals surface area contributed by atoms with Crippen molar-refractivity contribution in [2.75, 3.05) is 37.0 Å². The molecule has 3 rings (SSSR count). The smallest absolute Gasteiger partial charge is 0.319 e. The molecule has 0 fully saturated rings. The molecular formula is C25H29N5O2. The lowest BCUT2D eigenvalue weighted by Crippen LogP contribution is -2.34. The highest BCUT2D eigenvalue weighted by atomic mass is 16.2. The van der Waals surface area contributed by atoms with Gasteiger partial charge in [-0.25, -0.2) is 4.79 Å². The van der Waals surface area contributed by atoms with Gasteiger partial charge in [-0.1, -0.05) is 42.5 Å². The quantitative estimate of drug-likeness (QED) is 0.399. The van der Waals surface area contributed by atoms with Crippen molar-refractivity contribution in [1.82, 2.24) is 10.2 Å². The first kappa shape index (κ1) is 22.8. The Morgan fingerprint density at radius 1 is 0.875 bits per heavy atom. The van der Waals surface area contributed by atoms with E-state index < -0.39 is 0 Å². The normalized spacial score (nSPS) is 11.6. The second-order valence-electron chi connectivity index (χ2n) is 7.77. The van der Waals surface area contributed by atoms with Crippen LogP contribution < -0.4 is 21.7 Å². The maximum Gasteiger partial charge on any atom is 0.319 e. The highest BCUT2D eigenvalue weighted by Gasteiger charge is 2.16. The lowest BCUT2D eigenvalue weighted by molar-refractivity contribution is 0.102. The Kier molecular flexibility index (Phi) is 7.83. The summed E-state index contributed by atoms with van der Waals surface area (Å²) < 4.78 is 0. The summed E-state index contributed by atoms with van der Waals surface area (Å²) >= 11 is 0. The molecule has 0 bridgehead atoms. The van der Waals surface area contributed by atoms with Gasteiger partial charge in [0.05, 0.1) is 17.4 Å². The number of amides is 3. The van der Waals surface area contributed by atoms with E-state index in [1.807, 2.05) is 68.7 Å². The van der Waals surface area contributed by atoms with E-state index in [0.717, 1.165) is 24.2 Å². The lowest BCUT2D eigenvalue weighted by atomic mass is 10.0. The van der Waals surface area contributed by atoms with Crippen molar-refractivity contribution in [3.63, 3.8) is 0 Å². The Labute approximate surface area is 188 Å². The number of nitrogens with zero attached hydrogens (tertiary/aromatic N) is 1. The number of carbonyl (C=O) groups excluding carboxylic acids is 2. The summed E-state index contributed by atoms with van der Waals surface area (Å²) in [4.78, 5) is 27.2.